The molecule has 2 aromatic carbocycles. The van der Waals surface area contributed by atoms with Crippen molar-refractivity contribution in [2.75, 3.05) is 20.1 Å². The van der Waals surface area contributed by atoms with Gasteiger partial charge in [-0.2, -0.15) is 13.2 Å². The molecule has 0 radical (unpaired) electrons. The van der Waals surface area contributed by atoms with E-state index in [0.717, 1.165) is 17.7 Å². The number of carbonyl (C=O) groups is 1. The van der Waals surface area contributed by atoms with Crippen LogP contribution < -0.4 is 28.7 Å². The van der Waals surface area contributed by atoms with Crippen LogP contribution in [-0.4, -0.2) is 31.0 Å². The molecule has 4 nitrogen and oxygen atoms in total. The smallest absolute Gasteiger partial charge is 0.549 e. The Labute approximate surface area is 178 Å². The van der Waals surface area contributed by atoms with E-state index in [-0.39, 0.29) is 31.2 Å². The average Bonchev–Trinajstić information content (AvgIpc) is 2.59. The van der Waals surface area contributed by atoms with Gasteiger partial charge in [-0.3, -0.25) is 0 Å². The van der Waals surface area contributed by atoms with E-state index in [1.807, 2.05) is 6.07 Å². The van der Waals surface area contributed by atoms with Crippen LogP contribution in [0, 0.1) is 0 Å². The van der Waals surface area contributed by atoms with Gasteiger partial charge < -0.3 is 19.5 Å². The van der Waals surface area contributed by atoms with Crippen LogP contribution in [0.15, 0.2) is 48.5 Å². The number of hydrogen-bond donors (Lipinski definition) is 0. The van der Waals surface area contributed by atoms with Crippen molar-refractivity contribution in [1.29, 1.82) is 0 Å². The Morgan fingerprint density at radius 2 is 1.86 bits per heavy atom. The summed E-state index contributed by atoms with van der Waals surface area (Å²) in [5.41, 5.74) is -0.203. The van der Waals surface area contributed by atoms with Gasteiger partial charge in [0, 0.05) is 19.5 Å². The topological polar surface area (TPSA) is 52.6 Å². The zero-order valence-corrected chi connectivity index (χ0v) is 16.3. The number of aliphatic carboxylic acids is 1. The fourth-order valence-electron chi connectivity index (χ4n) is 2.56. The molecule has 0 aliphatic rings. The number of benzene rings is 2. The summed E-state index contributed by atoms with van der Waals surface area (Å²) in [6, 6.07) is 12.4. The summed E-state index contributed by atoms with van der Waals surface area (Å²) in [5.74, 6) is -1.18. The second-order valence-electron chi connectivity index (χ2n) is 6.06. The van der Waals surface area contributed by atoms with E-state index in [9.17, 15) is 23.1 Å². The maximum atomic E-state index is 13.1. The van der Waals surface area contributed by atoms with E-state index >= 15 is 0 Å². The molecular formula is C19H18ClF3LiNO3. The molecule has 0 aliphatic heterocycles. The van der Waals surface area contributed by atoms with Gasteiger partial charge in [0.1, 0.15) is 11.9 Å². The van der Waals surface area contributed by atoms with Gasteiger partial charge in [0.15, 0.2) is 0 Å². The molecule has 0 bridgehead atoms. The Hall–Kier alpha value is -1.65. The molecule has 146 valence electrons. The third-order valence-corrected chi connectivity index (χ3v) is 4.19. The molecule has 0 saturated carbocycles. The van der Waals surface area contributed by atoms with Gasteiger partial charge >= 0.3 is 25.0 Å². The number of halogens is 4. The van der Waals surface area contributed by atoms with Crippen LogP contribution in [0.2, 0.25) is 5.02 Å². The molecule has 0 N–H and O–H groups in total. The first kappa shape index (κ1) is 24.4. The van der Waals surface area contributed by atoms with Crippen LogP contribution in [0.1, 0.15) is 23.7 Å². The van der Waals surface area contributed by atoms with Crippen LogP contribution in [0.25, 0.3) is 0 Å². The number of alkyl halides is 3. The minimum Gasteiger partial charge on any atom is -0.549 e. The Bertz CT molecular complexity index is 775. The molecule has 0 fully saturated rings. The molecule has 9 heteroatoms. The van der Waals surface area contributed by atoms with Gasteiger partial charge in [-0.25, -0.2) is 0 Å². The summed E-state index contributed by atoms with van der Waals surface area (Å²) in [5, 5.41) is 10.3. The SMILES string of the molecule is CN(CC[C@@H](Oc1ccc(Cl)c(C(F)(F)F)c1)c1ccccc1)CC(=O)[O-].[Li+]. The fourth-order valence-corrected chi connectivity index (χ4v) is 2.78. The fraction of sp³-hybridized carbons (Fsp3) is 0.316. The summed E-state index contributed by atoms with van der Waals surface area (Å²) in [6.45, 7) is 0.105. The third-order valence-electron chi connectivity index (χ3n) is 3.86. The first-order chi connectivity index (χ1) is 12.7. The first-order valence-corrected chi connectivity index (χ1v) is 8.51. The summed E-state index contributed by atoms with van der Waals surface area (Å²) in [6.07, 6.45) is -4.77. The van der Waals surface area contributed by atoms with Crippen molar-refractivity contribution in [1.82, 2.24) is 4.90 Å². The molecule has 0 heterocycles. The number of hydrogen-bond acceptors (Lipinski definition) is 4. The quantitative estimate of drug-likeness (QED) is 0.600. The summed E-state index contributed by atoms with van der Waals surface area (Å²) in [7, 11) is 1.61. The molecule has 0 aliphatic carbocycles. The van der Waals surface area contributed by atoms with Gasteiger partial charge in [-0.1, -0.05) is 41.9 Å². The predicted molar refractivity (Wildman–Crippen MR) is 93.4 cm³/mol. The summed E-state index contributed by atoms with van der Waals surface area (Å²) >= 11 is 5.64. The minimum absolute atomic E-state index is 0. The van der Waals surface area contributed by atoms with Crippen molar-refractivity contribution in [3.63, 3.8) is 0 Å². The van der Waals surface area contributed by atoms with Crippen LogP contribution in [-0.2, 0) is 11.0 Å². The second kappa shape index (κ2) is 10.8. The maximum Gasteiger partial charge on any atom is 1.00 e. The Balaban J connectivity index is 0.00000392. The van der Waals surface area contributed by atoms with Gasteiger partial charge in [-0.15, -0.1) is 0 Å². The Kier molecular flexibility index (Phi) is 9.38. The molecule has 2 rings (SSSR count). The molecule has 0 unspecified atom stereocenters. The van der Waals surface area contributed by atoms with E-state index < -0.39 is 28.8 Å². The van der Waals surface area contributed by atoms with Crippen LogP contribution in [0.5, 0.6) is 5.75 Å². The summed E-state index contributed by atoms with van der Waals surface area (Å²) in [4.78, 5) is 12.2. The number of nitrogens with zero attached hydrogens (tertiary/aromatic N) is 1. The standard InChI is InChI=1S/C19H19ClF3NO3.Li/c1-24(12-18(25)26)10-9-17(13-5-3-2-4-6-13)27-14-7-8-16(20)15(11-14)19(21,22)23;/h2-8,11,17H,9-10,12H2,1H3,(H,25,26);/q;+1/p-1/t17-;/m1./s1. The molecular weight excluding hydrogens is 390 g/mol. The van der Waals surface area contributed by atoms with Crippen LogP contribution >= 0.6 is 11.6 Å². The van der Waals surface area contributed by atoms with E-state index in [2.05, 4.69) is 0 Å². The number of carbonyl (C=O) groups excluding carboxylic acids is 1. The zero-order valence-electron chi connectivity index (χ0n) is 15.5. The number of carboxylic acids is 1. The van der Waals surface area contributed by atoms with Gasteiger partial charge in [0.25, 0.3) is 0 Å². The van der Waals surface area contributed by atoms with Crippen molar-refractivity contribution in [2.24, 2.45) is 0 Å². The number of carboxylic acid groups (broad SMARTS) is 1. The minimum atomic E-state index is -4.59. The zero-order chi connectivity index (χ0) is 20.0. The van der Waals surface area contributed by atoms with E-state index in [4.69, 9.17) is 16.3 Å². The van der Waals surface area contributed by atoms with Crippen LogP contribution in [0.3, 0.4) is 0 Å². The molecule has 2 aromatic rings. The van der Waals surface area contributed by atoms with E-state index in [1.165, 1.54) is 11.0 Å². The van der Waals surface area contributed by atoms with Crippen molar-refractivity contribution < 1.29 is 46.7 Å². The van der Waals surface area contributed by atoms with Crippen LogP contribution in [0.4, 0.5) is 13.2 Å². The Morgan fingerprint density at radius 1 is 1.21 bits per heavy atom. The molecule has 0 amide bonds. The van der Waals surface area contributed by atoms with Crippen molar-refractivity contribution in [3.8, 4) is 5.75 Å². The van der Waals surface area contributed by atoms with E-state index in [0.29, 0.717) is 13.0 Å². The van der Waals surface area contributed by atoms with Crippen molar-refractivity contribution >= 4 is 17.6 Å². The maximum absolute atomic E-state index is 13.1. The molecule has 1 atom stereocenters. The first-order valence-electron chi connectivity index (χ1n) is 8.13. The average molecular weight is 408 g/mol. The third kappa shape index (κ3) is 7.40. The molecule has 28 heavy (non-hydrogen) atoms. The van der Waals surface area contributed by atoms with E-state index in [1.54, 1.807) is 31.3 Å². The normalized spacial score (nSPS) is 12.4. The van der Waals surface area contributed by atoms with Gasteiger partial charge in [-0.05, 0) is 30.8 Å². The largest absolute Gasteiger partial charge is 1.00 e. The monoisotopic (exact) mass is 407 g/mol. The molecule has 0 saturated heterocycles. The molecule has 0 spiro atoms. The molecule has 0 aromatic heterocycles. The summed E-state index contributed by atoms with van der Waals surface area (Å²) < 4.78 is 45.0. The van der Waals surface area contributed by atoms with Gasteiger partial charge in [0.05, 0.1) is 16.6 Å². The predicted octanol–water partition coefficient (Wildman–Crippen LogP) is 0.555. The van der Waals surface area contributed by atoms with Gasteiger partial charge in [0.2, 0.25) is 0 Å². The number of ether oxygens (including phenoxy) is 1. The van der Waals surface area contributed by atoms with Crippen molar-refractivity contribution in [2.45, 2.75) is 18.7 Å². The number of likely N-dealkylation sites (N-methyl/N-ethyl adjacent to an activating group) is 1. The second-order valence-corrected chi connectivity index (χ2v) is 6.46. The van der Waals surface area contributed by atoms with Crippen molar-refractivity contribution in [3.05, 3.63) is 64.7 Å². The Morgan fingerprint density at radius 3 is 2.43 bits per heavy atom. The number of rotatable bonds is 8.